The lowest BCUT2D eigenvalue weighted by Gasteiger charge is -2.09. The Morgan fingerprint density at radius 2 is 1.88 bits per heavy atom. The van der Waals surface area contributed by atoms with E-state index in [0.29, 0.717) is 27.4 Å². The molecular weight excluding hydrogens is 417 g/mol. The van der Waals surface area contributed by atoms with Crippen molar-refractivity contribution < 1.29 is 5.11 Å². The SMILES string of the molecule is CC(N)=Nc1ccc(Sc2c(O)c3c(Cl)cc(Cl)cc3[nH]c2=O)cc1.Cl. The zero-order chi connectivity index (χ0) is 18.1. The standard InChI is InChI=1S/C17H13Cl2N3O2S.ClH/c1-8(20)21-10-2-4-11(5-3-10)25-16-15(23)14-12(19)6-9(18)7-13(14)22-17(16)24;/h2-7H,1H3,(H2,20,21)(H2,22,23,24);1H. The molecule has 0 saturated heterocycles. The molecule has 0 aliphatic carbocycles. The van der Waals surface area contributed by atoms with Crippen LogP contribution in [0.1, 0.15) is 6.92 Å². The second-order valence-corrected chi connectivity index (χ2v) is 7.22. The lowest BCUT2D eigenvalue weighted by molar-refractivity contribution is 0.467. The summed E-state index contributed by atoms with van der Waals surface area (Å²) in [5, 5.41) is 11.5. The molecule has 0 radical (unpaired) electrons. The van der Waals surface area contributed by atoms with E-state index in [4.69, 9.17) is 28.9 Å². The molecule has 0 spiro atoms. The van der Waals surface area contributed by atoms with Gasteiger partial charge < -0.3 is 15.8 Å². The third-order valence-electron chi connectivity index (χ3n) is 3.32. The molecule has 136 valence electrons. The Hall–Kier alpha value is -1.86. The molecule has 26 heavy (non-hydrogen) atoms. The fraction of sp³-hybridized carbons (Fsp3) is 0.0588. The van der Waals surface area contributed by atoms with Crippen molar-refractivity contribution in [2.75, 3.05) is 0 Å². The molecule has 0 amide bonds. The average Bonchev–Trinajstić information content (AvgIpc) is 2.51. The number of rotatable bonds is 3. The number of halogens is 3. The number of hydrogen-bond acceptors (Lipinski definition) is 4. The number of nitrogens with one attached hydrogen (secondary N) is 1. The van der Waals surface area contributed by atoms with E-state index in [1.165, 1.54) is 6.07 Å². The van der Waals surface area contributed by atoms with Crippen LogP contribution in [0.3, 0.4) is 0 Å². The van der Waals surface area contributed by atoms with Crippen LogP contribution in [0.4, 0.5) is 5.69 Å². The van der Waals surface area contributed by atoms with E-state index in [9.17, 15) is 9.90 Å². The molecule has 2 aromatic carbocycles. The first kappa shape index (κ1) is 20.5. The number of aromatic nitrogens is 1. The predicted molar refractivity (Wildman–Crippen MR) is 111 cm³/mol. The van der Waals surface area contributed by atoms with Gasteiger partial charge >= 0.3 is 0 Å². The van der Waals surface area contributed by atoms with E-state index in [1.54, 1.807) is 37.3 Å². The van der Waals surface area contributed by atoms with Crippen molar-refractivity contribution >= 4 is 69.8 Å². The number of aromatic amines is 1. The van der Waals surface area contributed by atoms with Crippen LogP contribution in [-0.4, -0.2) is 15.9 Å². The van der Waals surface area contributed by atoms with Gasteiger partial charge in [0.25, 0.3) is 5.56 Å². The summed E-state index contributed by atoms with van der Waals surface area (Å²) in [5.41, 5.74) is 6.21. The number of benzene rings is 2. The first-order valence-electron chi connectivity index (χ1n) is 7.18. The number of fused-ring (bicyclic) bond motifs is 1. The molecule has 4 N–H and O–H groups in total. The number of pyridine rings is 1. The summed E-state index contributed by atoms with van der Waals surface area (Å²) in [6.45, 7) is 1.70. The monoisotopic (exact) mass is 429 g/mol. The summed E-state index contributed by atoms with van der Waals surface area (Å²) < 4.78 is 0. The molecule has 9 heteroatoms. The summed E-state index contributed by atoms with van der Waals surface area (Å²) in [5.74, 6) is 0.280. The maximum atomic E-state index is 12.3. The Labute approximate surface area is 169 Å². The zero-order valence-electron chi connectivity index (χ0n) is 13.4. The highest BCUT2D eigenvalue weighted by molar-refractivity contribution is 7.99. The molecule has 5 nitrogen and oxygen atoms in total. The normalized spacial score (nSPS) is 11.4. The van der Waals surface area contributed by atoms with Crippen LogP contribution < -0.4 is 11.3 Å². The maximum Gasteiger partial charge on any atom is 0.266 e. The van der Waals surface area contributed by atoms with Gasteiger partial charge in [-0.3, -0.25) is 4.79 Å². The number of amidine groups is 1. The first-order valence-corrected chi connectivity index (χ1v) is 8.75. The molecule has 0 aliphatic heterocycles. The maximum absolute atomic E-state index is 12.3. The van der Waals surface area contributed by atoms with Crippen molar-refractivity contribution in [2.24, 2.45) is 10.7 Å². The largest absolute Gasteiger partial charge is 0.506 e. The second-order valence-electron chi connectivity index (χ2n) is 5.29. The lowest BCUT2D eigenvalue weighted by atomic mass is 10.2. The van der Waals surface area contributed by atoms with E-state index in [1.807, 2.05) is 0 Å². The van der Waals surface area contributed by atoms with Gasteiger partial charge in [0.15, 0.2) is 0 Å². The van der Waals surface area contributed by atoms with Gasteiger partial charge in [-0.05, 0) is 43.3 Å². The van der Waals surface area contributed by atoms with E-state index >= 15 is 0 Å². The number of aliphatic imine (C=N–C) groups is 1. The third kappa shape index (κ3) is 4.27. The molecule has 3 aromatic rings. The number of nitrogens with zero attached hydrogens (tertiary/aromatic N) is 1. The van der Waals surface area contributed by atoms with E-state index in [-0.39, 0.29) is 28.1 Å². The summed E-state index contributed by atoms with van der Waals surface area (Å²) in [6.07, 6.45) is 0. The summed E-state index contributed by atoms with van der Waals surface area (Å²) in [6, 6.07) is 10.2. The molecule has 0 atom stereocenters. The molecule has 1 aromatic heterocycles. The Morgan fingerprint density at radius 1 is 1.23 bits per heavy atom. The van der Waals surface area contributed by atoms with Gasteiger partial charge in [-0.1, -0.05) is 35.0 Å². The van der Waals surface area contributed by atoms with Gasteiger partial charge in [-0.15, -0.1) is 12.4 Å². The predicted octanol–water partition coefficient (Wildman–Crippen LogP) is 5.12. The Bertz CT molecular complexity index is 1050. The lowest BCUT2D eigenvalue weighted by Crippen LogP contribution is -2.08. The van der Waals surface area contributed by atoms with Gasteiger partial charge in [-0.2, -0.15) is 0 Å². The van der Waals surface area contributed by atoms with Crippen molar-refractivity contribution in [3.8, 4) is 5.75 Å². The molecule has 0 saturated carbocycles. The van der Waals surface area contributed by atoms with Crippen LogP contribution in [-0.2, 0) is 0 Å². The highest BCUT2D eigenvalue weighted by Crippen LogP contribution is 2.39. The van der Waals surface area contributed by atoms with E-state index in [2.05, 4.69) is 9.98 Å². The van der Waals surface area contributed by atoms with Crippen LogP contribution in [0.2, 0.25) is 10.0 Å². The van der Waals surface area contributed by atoms with Crippen LogP contribution in [0.25, 0.3) is 10.9 Å². The highest BCUT2D eigenvalue weighted by Gasteiger charge is 2.16. The number of H-pyrrole nitrogens is 1. The van der Waals surface area contributed by atoms with Crippen LogP contribution in [0.5, 0.6) is 5.75 Å². The van der Waals surface area contributed by atoms with Crippen LogP contribution >= 0.6 is 47.4 Å². The fourth-order valence-corrected chi connectivity index (χ4v) is 3.75. The summed E-state index contributed by atoms with van der Waals surface area (Å²) in [7, 11) is 0. The topological polar surface area (TPSA) is 91.5 Å². The van der Waals surface area contributed by atoms with Gasteiger partial charge in [0.05, 0.1) is 27.4 Å². The molecule has 0 aliphatic rings. The molecule has 0 unspecified atom stereocenters. The van der Waals surface area contributed by atoms with Crippen molar-refractivity contribution in [1.82, 2.24) is 4.98 Å². The van der Waals surface area contributed by atoms with Crippen molar-refractivity contribution in [2.45, 2.75) is 16.7 Å². The molecule has 1 heterocycles. The first-order chi connectivity index (χ1) is 11.8. The van der Waals surface area contributed by atoms with Crippen LogP contribution in [0.15, 0.2) is 56.0 Å². The van der Waals surface area contributed by atoms with Crippen molar-refractivity contribution in [1.29, 1.82) is 0 Å². The van der Waals surface area contributed by atoms with Crippen LogP contribution in [0, 0.1) is 0 Å². The van der Waals surface area contributed by atoms with Crippen molar-refractivity contribution in [3.63, 3.8) is 0 Å². The minimum absolute atomic E-state index is 0. The number of aromatic hydroxyl groups is 1. The Balaban J connectivity index is 0.00000243. The highest BCUT2D eigenvalue weighted by atomic mass is 35.5. The quantitative estimate of drug-likeness (QED) is 0.397. The Kier molecular flexibility index (Phi) is 6.47. The molecule has 3 rings (SSSR count). The van der Waals surface area contributed by atoms with Gasteiger partial charge in [-0.25, -0.2) is 4.99 Å². The minimum Gasteiger partial charge on any atom is -0.506 e. The van der Waals surface area contributed by atoms with E-state index < -0.39 is 5.56 Å². The van der Waals surface area contributed by atoms with Gasteiger partial charge in [0, 0.05) is 9.92 Å². The third-order valence-corrected chi connectivity index (χ3v) is 4.93. The summed E-state index contributed by atoms with van der Waals surface area (Å²) >= 11 is 13.2. The Morgan fingerprint density at radius 3 is 2.50 bits per heavy atom. The second kappa shape index (κ2) is 8.22. The minimum atomic E-state index is -0.423. The molecular formula is C17H14Cl3N3O2S. The number of hydrogen-bond donors (Lipinski definition) is 3. The van der Waals surface area contributed by atoms with Crippen molar-refractivity contribution in [3.05, 3.63) is 56.8 Å². The summed E-state index contributed by atoms with van der Waals surface area (Å²) in [4.78, 5) is 20.1. The van der Waals surface area contributed by atoms with Gasteiger partial charge in [0.1, 0.15) is 10.6 Å². The average molecular weight is 431 g/mol. The molecule has 0 bridgehead atoms. The van der Waals surface area contributed by atoms with E-state index in [0.717, 1.165) is 16.7 Å². The zero-order valence-corrected chi connectivity index (χ0v) is 16.6. The van der Waals surface area contributed by atoms with Gasteiger partial charge in [0.2, 0.25) is 0 Å². The fourth-order valence-electron chi connectivity index (χ4n) is 2.32. The number of nitrogens with two attached hydrogens (primary N) is 1. The smallest absolute Gasteiger partial charge is 0.266 e. The molecule has 0 fully saturated rings.